The molecule has 106 valence electrons. The molecule has 0 spiro atoms. The van der Waals surface area contributed by atoms with E-state index in [0.29, 0.717) is 12.1 Å². The van der Waals surface area contributed by atoms with Crippen molar-refractivity contribution >= 4 is 17.6 Å². The maximum atomic E-state index is 13.5. The molecule has 0 unspecified atom stereocenters. The Balaban J connectivity index is 2.36. The molecule has 20 heavy (non-hydrogen) atoms. The minimum atomic E-state index is -1.28. The quantitative estimate of drug-likeness (QED) is 0.838. The van der Waals surface area contributed by atoms with E-state index in [1.54, 1.807) is 7.05 Å². The van der Waals surface area contributed by atoms with Gasteiger partial charge in [-0.25, -0.2) is 13.2 Å². The van der Waals surface area contributed by atoms with Crippen LogP contribution in [0.3, 0.4) is 0 Å². The van der Waals surface area contributed by atoms with Crippen LogP contribution in [0.1, 0.15) is 0 Å². The van der Waals surface area contributed by atoms with Crippen molar-refractivity contribution in [2.45, 2.75) is 0 Å². The van der Waals surface area contributed by atoms with Crippen molar-refractivity contribution in [2.75, 3.05) is 24.8 Å². The van der Waals surface area contributed by atoms with Gasteiger partial charge in [0.15, 0.2) is 11.6 Å². The van der Waals surface area contributed by atoms with Crippen molar-refractivity contribution in [3.63, 3.8) is 0 Å². The summed E-state index contributed by atoms with van der Waals surface area (Å²) in [6.07, 6.45) is 0. The summed E-state index contributed by atoms with van der Waals surface area (Å²) < 4.78 is 44.2. The SMILES string of the molecule is CNc1nc(Nc2cc(F)c(F)cc2F)nc(OC)n1. The van der Waals surface area contributed by atoms with E-state index in [1.807, 2.05) is 0 Å². The fraction of sp³-hybridized carbons (Fsp3) is 0.182. The molecule has 0 atom stereocenters. The second-order valence-electron chi connectivity index (χ2n) is 3.59. The van der Waals surface area contributed by atoms with E-state index in [-0.39, 0.29) is 23.6 Å². The van der Waals surface area contributed by atoms with Crippen LogP contribution in [0.4, 0.5) is 30.8 Å². The normalized spacial score (nSPS) is 10.2. The summed E-state index contributed by atoms with van der Waals surface area (Å²) in [7, 11) is 2.91. The zero-order valence-corrected chi connectivity index (χ0v) is 10.5. The largest absolute Gasteiger partial charge is 0.467 e. The molecule has 1 aromatic carbocycles. The fourth-order valence-electron chi connectivity index (χ4n) is 1.35. The Morgan fingerprint density at radius 3 is 2.25 bits per heavy atom. The first-order valence-corrected chi connectivity index (χ1v) is 5.43. The zero-order valence-electron chi connectivity index (χ0n) is 10.5. The standard InChI is InChI=1S/C11H10F3N5O/c1-15-9-17-10(19-11(18-9)20-2)16-8-4-6(13)5(12)3-7(8)14/h3-4H,1-2H3,(H2,15,16,17,18,19). The third-order valence-corrected chi connectivity index (χ3v) is 2.28. The van der Waals surface area contributed by atoms with Crippen LogP contribution in [-0.2, 0) is 0 Å². The van der Waals surface area contributed by atoms with Crippen molar-refractivity contribution in [1.82, 2.24) is 15.0 Å². The van der Waals surface area contributed by atoms with Crippen molar-refractivity contribution in [1.29, 1.82) is 0 Å². The van der Waals surface area contributed by atoms with E-state index in [0.717, 1.165) is 0 Å². The van der Waals surface area contributed by atoms with Gasteiger partial charge in [-0.05, 0) is 0 Å². The summed E-state index contributed by atoms with van der Waals surface area (Å²) in [6.45, 7) is 0. The number of aromatic nitrogens is 3. The lowest BCUT2D eigenvalue weighted by molar-refractivity contribution is 0.379. The summed E-state index contributed by atoms with van der Waals surface area (Å²) in [4.78, 5) is 11.5. The molecule has 0 aliphatic heterocycles. The van der Waals surface area contributed by atoms with Gasteiger partial charge in [-0.1, -0.05) is 0 Å². The van der Waals surface area contributed by atoms with Gasteiger partial charge in [0, 0.05) is 19.2 Å². The van der Waals surface area contributed by atoms with Gasteiger partial charge >= 0.3 is 6.01 Å². The lowest BCUT2D eigenvalue weighted by atomic mass is 10.3. The van der Waals surface area contributed by atoms with E-state index in [9.17, 15) is 13.2 Å². The number of nitrogens with zero attached hydrogens (tertiary/aromatic N) is 3. The second kappa shape index (κ2) is 5.59. The monoisotopic (exact) mass is 285 g/mol. The molecule has 1 aromatic heterocycles. The minimum Gasteiger partial charge on any atom is -0.467 e. The number of benzene rings is 1. The Bertz CT molecular complexity index is 615. The first-order valence-electron chi connectivity index (χ1n) is 5.43. The van der Waals surface area contributed by atoms with Crippen molar-refractivity contribution in [3.05, 3.63) is 29.6 Å². The molecule has 2 N–H and O–H groups in total. The molecule has 6 nitrogen and oxygen atoms in total. The summed E-state index contributed by atoms with van der Waals surface area (Å²) in [5.41, 5.74) is -0.306. The van der Waals surface area contributed by atoms with Gasteiger partial charge in [-0.3, -0.25) is 0 Å². The van der Waals surface area contributed by atoms with Crippen LogP contribution in [0.15, 0.2) is 12.1 Å². The van der Waals surface area contributed by atoms with Gasteiger partial charge in [-0.2, -0.15) is 15.0 Å². The van der Waals surface area contributed by atoms with E-state index in [2.05, 4.69) is 25.6 Å². The van der Waals surface area contributed by atoms with Crippen LogP contribution in [0.25, 0.3) is 0 Å². The number of methoxy groups -OCH3 is 1. The molecule has 1 heterocycles. The molecule has 9 heteroatoms. The predicted molar refractivity (Wildman–Crippen MR) is 65.5 cm³/mol. The van der Waals surface area contributed by atoms with Gasteiger partial charge < -0.3 is 15.4 Å². The number of hydrogen-bond donors (Lipinski definition) is 2. The van der Waals surface area contributed by atoms with Crippen molar-refractivity contribution in [2.24, 2.45) is 0 Å². The molecule has 0 saturated carbocycles. The van der Waals surface area contributed by atoms with Crippen LogP contribution >= 0.6 is 0 Å². The smallest absolute Gasteiger partial charge is 0.322 e. The first-order chi connectivity index (χ1) is 9.53. The van der Waals surface area contributed by atoms with Gasteiger partial charge in [0.25, 0.3) is 0 Å². The minimum absolute atomic E-state index is 0.0187. The van der Waals surface area contributed by atoms with Gasteiger partial charge in [-0.15, -0.1) is 0 Å². The van der Waals surface area contributed by atoms with E-state index in [4.69, 9.17) is 4.74 Å². The van der Waals surface area contributed by atoms with Gasteiger partial charge in [0.05, 0.1) is 12.8 Å². The van der Waals surface area contributed by atoms with E-state index >= 15 is 0 Å². The number of rotatable bonds is 4. The first kappa shape index (κ1) is 13.8. The van der Waals surface area contributed by atoms with Crippen LogP contribution in [0.5, 0.6) is 6.01 Å². The van der Waals surface area contributed by atoms with Gasteiger partial charge in [0.1, 0.15) is 5.82 Å². The molecule has 0 saturated heterocycles. The Hall–Kier alpha value is -2.58. The van der Waals surface area contributed by atoms with Crippen LogP contribution in [0, 0.1) is 17.5 Å². The summed E-state index contributed by atoms with van der Waals surface area (Å²) in [5, 5.41) is 5.08. The predicted octanol–water partition coefficient (Wildman–Crippen LogP) is 2.08. The molecule has 0 fully saturated rings. The molecule has 2 rings (SSSR count). The lowest BCUT2D eigenvalue weighted by Crippen LogP contribution is -2.06. The maximum Gasteiger partial charge on any atom is 0.322 e. The Morgan fingerprint density at radius 2 is 1.60 bits per heavy atom. The molecule has 0 radical (unpaired) electrons. The van der Waals surface area contributed by atoms with Gasteiger partial charge in [0.2, 0.25) is 11.9 Å². The number of anilines is 3. The van der Waals surface area contributed by atoms with E-state index < -0.39 is 17.5 Å². The Kier molecular flexibility index (Phi) is 3.87. The number of halogens is 3. The molecule has 0 bridgehead atoms. The number of ether oxygens (including phenoxy) is 1. The van der Waals surface area contributed by atoms with Crippen molar-refractivity contribution < 1.29 is 17.9 Å². The maximum absolute atomic E-state index is 13.5. The molecule has 0 amide bonds. The highest BCUT2D eigenvalue weighted by atomic mass is 19.2. The molecule has 0 aliphatic carbocycles. The van der Waals surface area contributed by atoms with Crippen molar-refractivity contribution in [3.8, 4) is 6.01 Å². The number of nitrogens with one attached hydrogen (secondary N) is 2. The summed E-state index contributed by atoms with van der Waals surface area (Å²) in [6, 6.07) is 1.07. The second-order valence-corrected chi connectivity index (χ2v) is 3.59. The zero-order chi connectivity index (χ0) is 14.7. The topological polar surface area (TPSA) is 72.0 Å². The Morgan fingerprint density at radius 1 is 0.950 bits per heavy atom. The summed E-state index contributed by atoms with van der Waals surface area (Å²) >= 11 is 0. The molecule has 0 aliphatic rings. The highest BCUT2D eigenvalue weighted by molar-refractivity contribution is 5.55. The summed E-state index contributed by atoms with van der Waals surface area (Å²) in [5.74, 6) is -3.36. The van der Waals surface area contributed by atoms with E-state index in [1.165, 1.54) is 7.11 Å². The average Bonchev–Trinajstić information content (AvgIpc) is 2.44. The molecule has 2 aromatic rings. The molecular formula is C11H10F3N5O. The third-order valence-electron chi connectivity index (χ3n) is 2.28. The molecular weight excluding hydrogens is 275 g/mol. The third kappa shape index (κ3) is 2.87. The number of hydrogen-bond acceptors (Lipinski definition) is 6. The van der Waals surface area contributed by atoms with Crippen LogP contribution in [-0.4, -0.2) is 29.1 Å². The highest BCUT2D eigenvalue weighted by Crippen LogP contribution is 2.22. The van der Waals surface area contributed by atoms with Crippen LogP contribution in [0.2, 0.25) is 0 Å². The highest BCUT2D eigenvalue weighted by Gasteiger charge is 2.12. The Labute approximate surface area is 112 Å². The fourth-order valence-corrected chi connectivity index (χ4v) is 1.35. The van der Waals surface area contributed by atoms with Crippen LogP contribution < -0.4 is 15.4 Å². The lowest BCUT2D eigenvalue weighted by Gasteiger charge is -2.09. The average molecular weight is 285 g/mol.